The number of carbonyl (C=O) groups excluding carboxylic acids is 2. The Kier molecular flexibility index (Phi) is 5.45. The third kappa shape index (κ3) is 4.25. The van der Waals surface area contributed by atoms with E-state index in [4.69, 9.17) is 22.1 Å². The van der Waals surface area contributed by atoms with Gasteiger partial charge in [0.1, 0.15) is 0 Å². The van der Waals surface area contributed by atoms with Gasteiger partial charge in [-0.05, 0) is 24.6 Å². The van der Waals surface area contributed by atoms with Crippen LogP contribution in [0.4, 0.5) is 5.69 Å². The van der Waals surface area contributed by atoms with Crippen molar-refractivity contribution in [3.05, 3.63) is 28.8 Å². The molecule has 98 valence electrons. The summed E-state index contributed by atoms with van der Waals surface area (Å²) in [5.74, 6) is -0.874. The smallest absolute Gasteiger partial charge is 0.339 e. The van der Waals surface area contributed by atoms with Crippen LogP contribution in [0, 0.1) is 0 Å². The van der Waals surface area contributed by atoms with Crippen LogP contribution in [0.2, 0.25) is 5.02 Å². The molecule has 6 heteroatoms. The van der Waals surface area contributed by atoms with Crippen LogP contribution in [0.1, 0.15) is 23.2 Å². The number of carbonyl (C=O) groups is 2. The topological polar surface area (TPSA) is 78.6 Å². The lowest BCUT2D eigenvalue weighted by Crippen LogP contribution is -2.09. The molecular weight excluding hydrogens is 258 g/mol. The van der Waals surface area contributed by atoms with Gasteiger partial charge in [-0.25, -0.2) is 4.79 Å². The zero-order valence-corrected chi connectivity index (χ0v) is 10.7. The molecule has 0 saturated heterocycles. The minimum atomic E-state index is -0.537. The van der Waals surface area contributed by atoms with Crippen LogP contribution in [-0.4, -0.2) is 25.7 Å². The highest BCUT2D eigenvalue weighted by Gasteiger charge is 2.12. The maximum absolute atomic E-state index is 11.6. The van der Waals surface area contributed by atoms with Gasteiger partial charge in [0, 0.05) is 12.1 Å². The monoisotopic (exact) mass is 271 g/mol. The number of ether oxygens (including phenoxy) is 2. The van der Waals surface area contributed by atoms with E-state index < -0.39 is 5.97 Å². The van der Waals surface area contributed by atoms with Crippen molar-refractivity contribution in [3.8, 4) is 0 Å². The highest BCUT2D eigenvalue weighted by atomic mass is 35.5. The van der Waals surface area contributed by atoms with Crippen molar-refractivity contribution in [2.24, 2.45) is 0 Å². The van der Waals surface area contributed by atoms with E-state index in [1.54, 1.807) is 6.07 Å². The standard InChI is InChI=1S/C12H14ClNO4/c1-17-11(15)3-2-6-18-12(16)9-5-4-8(14)7-10(9)13/h4-5,7H,2-3,6,14H2,1H3. The number of hydrogen-bond donors (Lipinski definition) is 1. The Bertz CT molecular complexity index is 448. The van der Waals surface area contributed by atoms with Crippen LogP contribution in [0.15, 0.2) is 18.2 Å². The van der Waals surface area contributed by atoms with E-state index in [0.717, 1.165) is 0 Å². The van der Waals surface area contributed by atoms with Gasteiger partial charge in [-0.3, -0.25) is 4.79 Å². The number of benzene rings is 1. The molecule has 0 fully saturated rings. The molecule has 0 aliphatic carbocycles. The van der Waals surface area contributed by atoms with E-state index in [1.165, 1.54) is 19.2 Å². The van der Waals surface area contributed by atoms with E-state index in [1.807, 2.05) is 0 Å². The maximum Gasteiger partial charge on any atom is 0.339 e. The summed E-state index contributed by atoms with van der Waals surface area (Å²) >= 11 is 5.86. The van der Waals surface area contributed by atoms with E-state index in [-0.39, 0.29) is 29.6 Å². The largest absolute Gasteiger partial charge is 0.469 e. The fourth-order valence-corrected chi connectivity index (χ4v) is 1.52. The SMILES string of the molecule is COC(=O)CCCOC(=O)c1ccc(N)cc1Cl. The molecule has 5 nitrogen and oxygen atoms in total. The molecule has 0 radical (unpaired) electrons. The summed E-state index contributed by atoms with van der Waals surface area (Å²) in [6, 6.07) is 4.55. The number of nitrogen functional groups attached to an aromatic ring is 1. The number of halogens is 1. The van der Waals surface area contributed by atoms with E-state index in [9.17, 15) is 9.59 Å². The maximum atomic E-state index is 11.6. The third-order valence-corrected chi connectivity index (χ3v) is 2.51. The minimum Gasteiger partial charge on any atom is -0.469 e. The quantitative estimate of drug-likeness (QED) is 0.504. The fraction of sp³-hybridized carbons (Fsp3) is 0.333. The van der Waals surface area contributed by atoms with Gasteiger partial charge in [0.05, 0.1) is 24.3 Å². The summed E-state index contributed by atoms with van der Waals surface area (Å²) in [4.78, 5) is 22.4. The zero-order valence-electron chi connectivity index (χ0n) is 9.94. The molecule has 0 spiro atoms. The second-order valence-electron chi connectivity index (χ2n) is 3.55. The highest BCUT2D eigenvalue weighted by molar-refractivity contribution is 6.33. The Hall–Kier alpha value is -1.75. The first-order chi connectivity index (χ1) is 8.54. The summed E-state index contributed by atoms with van der Waals surface area (Å²) in [6.45, 7) is 0.134. The fourth-order valence-electron chi connectivity index (χ4n) is 1.26. The number of hydrogen-bond acceptors (Lipinski definition) is 5. The van der Waals surface area contributed by atoms with Crippen LogP contribution in [-0.2, 0) is 14.3 Å². The van der Waals surface area contributed by atoms with Crippen molar-refractivity contribution >= 4 is 29.2 Å². The lowest BCUT2D eigenvalue weighted by molar-refractivity contribution is -0.140. The van der Waals surface area contributed by atoms with Gasteiger partial charge >= 0.3 is 11.9 Å². The average Bonchev–Trinajstić information content (AvgIpc) is 2.34. The number of nitrogens with two attached hydrogens (primary N) is 1. The zero-order chi connectivity index (χ0) is 13.5. The van der Waals surface area contributed by atoms with Gasteiger partial charge in [0.15, 0.2) is 0 Å². The molecule has 0 aliphatic rings. The van der Waals surface area contributed by atoms with Crippen molar-refractivity contribution in [1.82, 2.24) is 0 Å². The van der Waals surface area contributed by atoms with Crippen LogP contribution in [0.5, 0.6) is 0 Å². The molecule has 0 aliphatic heterocycles. The lowest BCUT2D eigenvalue weighted by Gasteiger charge is -2.06. The Morgan fingerprint density at radius 3 is 2.72 bits per heavy atom. The molecule has 1 rings (SSSR count). The van der Waals surface area contributed by atoms with Crippen molar-refractivity contribution in [3.63, 3.8) is 0 Å². The molecule has 1 aromatic carbocycles. The van der Waals surface area contributed by atoms with Gasteiger partial charge in [0.25, 0.3) is 0 Å². The van der Waals surface area contributed by atoms with Crippen molar-refractivity contribution < 1.29 is 19.1 Å². The Morgan fingerprint density at radius 2 is 2.11 bits per heavy atom. The van der Waals surface area contributed by atoms with Crippen LogP contribution >= 0.6 is 11.6 Å². The van der Waals surface area contributed by atoms with Gasteiger partial charge in [-0.15, -0.1) is 0 Å². The normalized spacial score (nSPS) is 9.89. The number of rotatable bonds is 5. The van der Waals surface area contributed by atoms with Crippen LogP contribution in [0.25, 0.3) is 0 Å². The average molecular weight is 272 g/mol. The first-order valence-electron chi connectivity index (χ1n) is 5.33. The summed E-state index contributed by atoms with van der Waals surface area (Å²) in [5, 5.41) is 0.243. The molecular formula is C12H14ClNO4. The summed E-state index contributed by atoms with van der Waals surface area (Å²) in [5.41, 5.74) is 6.24. The van der Waals surface area contributed by atoms with E-state index >= 15 is 0 Å². The summed E-state index contributed by atoms with van der Waals surface area (Å²) in [6.07, 6.45) is 0.615. The molecule has 0 unspecified atom stereocenters. The van der Waals surface area contributed by atoms with Gasteiger partial charge in [-0.1, -0.05) is 11.6 Å². The molecule has 1 aromatic rings. The van der Waals surface area contributed by atoms with E-state index in [0.29, 0.717) is 12.1 Å². The Balaban J connectivity index is 2.43. The van der Waals surface area contributed by atoms with Crippen molar-refractivity contribution in [1.29, 1.82) is 0 Å². The minimum absolute atomic E-state index is 0.134. The second-order valence-corrected chi connectivity index (χ2v) is 3.96. The van der Waals surface area contributed by atoms with Crippen LogP contribution < -0.4 is 5.73 Å². The first-order valence-corrected chi connectivity index (χ1v) is 5.71. The van der Waals surface area contributed by atoms with Gasteiger partial charge in [0.2, 0.25) is 0 Å². The highest BCUT2D eigenvalue weighted by Crippen LogP contribution is 2.19. The van der Waals surface area contributed by atoms with Crippen molar-refractivity contribution in [2.45, 2.75) is 12.8 Å². The summed E-state index contributed by atoms with van der Waals surface area (Å²) in [7, 11) is 1.31. The Morgan fingerprint density at radius 1 is 1.39 bits per heavy atom. The van der Waals surface area contributed by atoms with E-state index in [2.05, 4.69) is 4.74 Å². The number of anilines is 1. The molecule has 0 saturated carbocycles. The number of esters is 2. The second kappa shape index (κ2) is 6.86. The predicted octanol–water partition coefficient (Wildman–Crippen LogP) is 2.03. The number of methoxy groups -OCH3 is 1. The van der Waals surface area contributed by atoms with Crippen molar-refractivity contribution in [2.75, 3.05) is 19.5 Å². The van der Waals surface area contributed by atoms with Crippen LogP contribution in [0.3, 0.4) is 0 Å². The Labute approximate surface area is 110 Å². The van der Waals surface area contributed by atoms with Gasteiger partial charge < -0.3 is 15.2 Å². The van der Waals surface area contributed by atoms with Gasteiger partial charge in [-0.2, -0.15) is 0 Å². The molecule has 0 heterocycles. The third-order valence-electron chi connectivity index (χ3n) is 2.20. The molecule has 0 bridgehead atoms. The molecule has 0 aromatic heterocycles. The molecule has 2 N–H and O–H groups in total. The first kappa shape index (κ1) is 14.3. The summed E-state index contributed by atoms with van der Waals surface area (Å²) < 4.78 is 9.43. The lowest BCUT2D eigenvalue weighted by atomic mass is 10.2. The molecule has 0 atom stereocenters. The molecule has 18 heavy (non-hydrogen) atoms. The molecule has 0 amide bonds. The predicted molar refractivity (Wildman–Crippen MR) is 67.4 cm³/mol.